The third-order valence-corrected chi connectivity index (χ3v) is 3.37. The van der Waals surface area contributed by atoms with Crippen LogP contribution in [-0.2, 0) is 12.4 Å². The third-order valence-electron chi connectivity index (χ3n) is 3.37. The van der Waals surface area contributed by atoms with Crippen LogP contribution < -0.4 is 16.8 Å². The quantitative estimate of drug-likeness (QED) is 0.673. The molecule has 0 bridgehead atoms. The Morgan fingerprint density at radius 1 is 1.00 bits per heavy atom. The van der Waals surface area contributed by atoms with E-state index in [1.807, 2.05) is 0 Å². The molecule has 25 heavy (non-hydrogen) atoms. The Labute approximate surface area is 140 Å². The number of rotatable bonds is 6. The highest BCUT2D eigenvalue weighted by Crippen LogP contribution is 2.36. The highest BCUT2D eigenvalue weighted by atomic mass is 19.4. The van der Waals surface area contributed by atoms with Gasteiger partial charge in [0.2, 0.25) is 0 Å². The van der Waals surface area contributed by atoms with E-state index >= 15 is 0 Å². The first-order chi connectivity index (χ1) is 11.3. The second kappa shape index (κ2) is 8.05. The van der Waals surface area contributed by atoms with Gasteiger partial charge >= 0.3 is 12.4 Å². The number of hydrogen-bond donors (Lipinski definition) is 3. The number of hydrogen-bond acceptors (Lipinski definition) is 3. The van der Waals surface area contributed by atoms with Crippen molar-refractivity contribution in [3.63, 3.8) is 0 Å². The molecule has 0 aliphatic rings. The molecule has 1 unspecified atom stereocenters. The predicted octanol–water partition coefficient (Wildman–Crippen LogP) is 2.91. The van der Waals surface area contributed by atoms with E-state index in [-0.39, 0.29) is 18.7 Å². The molecule has 1 rings (SSSR count). The van der Waals surface area contributed by atoms with Crippen molar-refractivity contribution in [2.75, 3.05) is 6.54 Å². The molecule has 0 saturated heterocycles. The van der Waals surface area contributed by atoms with Crippen molar-refractivity contribution >= 4 is 5.91 Å². The van der Waals surface area contributed by atoms with E-state index in [9.17, 15) is 31.1 Å². The largest absolute Gasteiger partial charge is 0.416 e. The summed E-state index contributed by atoms with van der Waals surface area (Å²) in [7, 11) is 0. The zero-order valence-corrected chi connectivity index (χ0v) is 13.3. The normalized spacial score (nSPS) is 14.9. The SMILES string of the molecule is C[C@H](N)CCC(N)CNC(=O)c1cc(C(F)(F)F)cc(C(F)(F)F)c1. The van der Waals surface area contributed by atoms with Gasteiger partial charge in [-0.1, -0.05) is 0 Å². The Morgan fingerprint density at radius 2 is 1.48 bits per heavy atom. The van der Waals surface area contributed by atoms with Gasteiger partial charge in [-0.2, -0.15) is 26.3 Å². The number of carbonyl (C=O) groups excluding carboxylic acids is 1. The van der Waals surface area contributed by atoms with E-state index in [0.29, 0.717) is 25.0 Å². The number of amides is 1. The standard InChI is InChI=1S/C15H19F6N3O/c1-8(22)2-3-12(23)7-24-13(25)9-4-10(14(16,17)18)6-11(5-9)15(19,20)21/h4-6,8,12H,2-3,7,22-23H2,1H3,(H,24,25)/t8-,12?/m0/s1. The van der Waals surface area contributed by atoms with Crippen molar-refractivity contribution in [1.29, 1.82) is 0 Å². The monoisotopic (exact) mass is 371 g/mol. The molecule has 4 nitrogen and oxygen atoms in total. The second-order valence-electron chi connectivity index (χ2n) is 5.82. The summed E-state index contributed by atoms with van der Waals surface area (Å²) in [6, 6.07) is 0.0868. The number of nitrogens with two attached hydrogens (primary N) is 2. The average Bonchev–Trinajstić information content (AvgIpc) is 2.48. The van der Waals surface area contributed by atoms with E-state index in [1.165, 1.54) is 0 Å². The zero-order valence-electron chi connectivity index (χ0n) is 13.3. The number of halogens is 6. The average molecular weight is 371 g/mol. The first-order valence-electron chi connectivity index (χ1n) is 7.39. The second-order valence-corrected chi connectivity index (χ2v) is 5.82. The summed E-state index contributed by atoms with van der Waals surface area (Å²) in [4.78, 5) is 11.9. The predicted molar refractivity (Wildman–Crippen MR) is 79.6 cm³/mol. The molecule has 0 fully saturated rings. The lowest BCUT2D eigenvalue weighted by atomic mass is 10.0. The van der Waals surface area contributed by atoms with Gasteiger partial charge in [-0.3, -0.25) is 4.79 Å². The van der Waals surface area contributed by atoms with Gasteiger partial charge < -0.3 is 16.8 Å². The molecule has 142 valence electrons. The van der Waals surface area contributed by atoms with Crippen LogP contribution in [0.5, 0.6) is 0 Å². The minimum absolute atomic E-state index is 0.0366. The van der Waals surface area contributed by atoms with Crippen LogP contribution in [0.2, 0.25) is 0 Å². The molecular formula is C15H19F6N3O. The van der Waals surface area contributed by atoms with Crippen molar-refractivity contribution in [2.45, 2.75) is 44.2 Å². The van der Waals surface area contributed by atoms with Crippen LogP contribution in [0.15, 0.2) is 18.2 Å². The summed E-state index contributed by atoms with van der Waals surface area (Å²) in [6.45, 7) is 1.66. The molecule has 10 heteroatoms. The van der Waals surface area contributed by atoms with Crippen LogP contribution in [0.4, 0.5) is 26.3 Å². The van der Waals surface area contributed by atoms with E-state index in [0.717, 1.165) is 0 Å². The van der Waals surface area contributed by atoms with Gasteiger partial charge in [0.1, 0.15) is 0 Å². The number of alkyl halides is 6. The fourth-order valence-electron chi connectivity index (χ4n) is 1.99. The van der Waals surface area contributed by atoms with Crippen LogP contribution in [0, 0.1) is 0 Å². The lowest BCUT2D eigenvalue weighted by Crippen LogP contribution is -2.38. The van der Waals surface area contributed by atoms with E-state index in [2.05, 4.69) is 5.32 Å². The highest BCUT2D eigenvalue weighted by molar-refractivity contribution is 5.94. The van der Waals surface area contributed by atoms with Crippen LogP contribution in [-0.4, -0.2) is 24.5 Å². The first-order valence-corrected chi connectivity index (χ1v) is 7.39. The minimum atomic E-state index is -5.01. The van der Waals surface area contributed by atoms with Gasteiger partial charge in [-0.15, -0.1) is 0 Å². The van der Waals surface area contributed by atoms with E-state index in [4.69, 9.17) is 11.5 Å². The Bertz CT molecular complexity index is 566. The molecule has 0 spiro atoms. The van der Waals surface area contributed by atoms with Gasteiger partial charge in [-0.05, 0) is 38.0 Å². The maximum absolute atomic E-state index is 12.8. The third kappa shape index (κ3) is 6.91. The lowest BCUT2D eigenvalue weighted by Gasteiger charge is -2.16. The number of nitrogens with one attached hydrogen (secondary N) is 1. The van der Waals surface area contributed by atoms with E-state index in [1.54, 1.807) is 6.92 Å². The number of benzene rings is 1. The van der Waals surface area contributed by atoms with Crippen LogP contribution in [0.3, 0.4) is 0 Å². The molecule has 0 aromatic heterocycles. The maximum Gasteiger partial charge on any atom is 0.416 e. The smallest absolute Gasteiger partial charge is 0.350 e. The van der Waals surface area contributed by atoms with Gasteiger partial charge in [0, 0.05) is 24.2 Å². The summed E-state index contributed by atoms with van der Waals surface area (Å²) in [5.41, 5.74) is 7.43. The van der Waals surface area contributed by atoms with Gasteiger partial charge in [-0.25, -0.2) is 0 Å². The molecule has 2 atom stereocenters. The molecular weight excluding hydrogens is 352 g/mol. The Hall–Kier alpha value is -1.81. The summed E-state index contributed by atoms with van der Waals surface area (Å²) < 4.78 is 76.6. The van der Waals surface area contributed by atoms with Crippen LogP contribution in [0.25, 0.3) is 0 Å². The van der Waals surface area contributed by atoms with Gasteiger partial charge in [0.05, 0.1) is 11.1 Å². The van der Waals surface area contributed by atoms with Crippen LogP contribution in [0.1, 0.15) is 41.3 Å². The molecule has 0 heterocycles. The number of carbonyl (C=O) groups is 1. The van der Waals surface area contributed by atoms with Crippen molar-refractivity contribution < 1.29 is 31.1 Å². The zero-order chi connectivity index (χ0) is 19.4. The molecule has 1 aromatic carbocycles. The van der Waals surface area contributed by atoms with Crippen molar-refractivity contribution in [3.8, 4) is 0 Å². The molecule has 1 amide bonds. The summed E-state index contributed by atoms with van der Waals surface area (Å²) in [5.74, 6) is -1.06. The molecule has 0 aliphatic heterocycles. The fraction of sp³-hybridized carbons (Fsp3) is 0.533. The van der Waals surface area contributed by atoms with E-state index < -0.39 is 41.0 Å². The summed E-state index contributed by atoms with van der Waals surface area (Å²) in [5, 5.41) is 2.24. The fourth-order valence-corrected chi connectivity index (χ4v) is 1.99. The highest BCUT2D eigenvalue weighted by Gasteiger charge is 2.37. The lowest BCUT2D eigenvalue weighted by molar-refractivity contribution is -0.143. The molecule has 0 saturated carbocycles. The summed E-state index contributed by atoms with van der Waals surface area (Å²) >= 11 is 0. The molecule has 1 aromatic rings. The Kier molecular flexibility index (Phi) is 6.83. The van der Waals surface area contributed by atoms with Crippen LogP contribution >= 0.6 is 0 Å². The van der Waals surface area contributed by atoms with Crippen molar-refractivity contribution in [3.05, 3.63) is 34.9 Å². The Balaban J connectivity index is 2.94. The molecule has 0 aliphatic carbocycles. The summed E-state index contributed by atoms with van der Waals surface area (Å²) in [6.07, 6.45) is -9.00. The maximum atomic E-state index is 12.8. The Morgan fingerprint density at radius 3 is 1.88 bits per heavy atom. The van der Waals surface area contributed by atoms with Crippen molar-refractivity contribution in [1.82, 2.24) is 5.32 Å². The van der Waals surface area contributed by atoms with Crippen molar-refractivity contribution in [2.24, 2.45) is 11.5 Å². The van der Waals surface area contributed by atoms with Gasteiger partial charge in [0.25, 0.3) is 5.91 Å². The molecule has 0 radical (unpaired) electrons. The molecule has 5 N–H and O–H groups in total. The minimum Gasteiger partial charge on any atom is -0.350 e. The first kappa shape index (κ1) is 21.2. The topological polar surface area (TPSA) is 81.1 Å². The van der Waals surface area contributed by atoms with Gasteiger partial charge in [0.15, 0.2) is 0 Å².